The first-order valence-corrected chi connectivity index (χ1v) is 5.55. The van der Waals surface area contributed by atoms with Gasteiger partial charge in [0.25, 0.3) is 0 Å². The van der Waals surface area contributed by atoms with E-state index in [1.54, 1.807) is 0 Å². The summed E-state index contributed by atoms with van der Waals surface area (Å²) >= 11 is 0. The molecule has 2 unspecified atom stereocenters. The van der Waals surface area contributed by atoms with Crippen molar-refractivity contribution >= 4 is 0 Å². The van der Waals surface area contributed by atoms with Gasteiger partial charge in [0.05, 0.1) is 6.10 Å². The number of ether oxygens (including phenoxy) is 1. The molecule has 1 aliphatic carbocycles. The molecule has 0 bridgehead atoms. The van der Waals surface area contributed by atoms with E-state index in [0.29, 0.717) is 12.0 Å². The van der Waals surface area contributed by atoms with Gasteiger partial charge >= 0.3 is 0 Å². The molecule has 0 aromatic rings. The number of rotatable bonds is 5. The van der Waals surface area contributed by atoms with Crippen LogP contribution in [0.4, 0.5) is 0 Å². The van der Waals surface area contributed by atoms with Gasteiger partial charge in [-0.25, -0.2) is 0 Å². The zero-order valence-corrected chi connectivity index (χ0v) is 8.96. The van der Waals surface area contributed by atoms with Crippen LogP contribution in [0, 0.1) is 11.8 Å². The fourth-order valence-electron chi connectivity index (χ4n) is 1.95. The van der Waals surface area contributed by atoms with Crippen LogP contribution in [-0.4, -0.2) is 19.3 Å². The fourth-order valence-corrected chi connectivity index (χ4v) is 1.95. The van der Waals surface area contributed by atoms with Crippen LogP contribution in [0.15, 0.2) is 0 Å². The zero-order valence-electron chi connectivity index (χ0n) is 8.96. The van der Waals surface area contributed by atoms with Gasteiger partial charge in [-0.2, -0.15) is 0 Å². The van der Waals surface area contributed by atoms with Crippen LogP contribution in [0.2, 0.25) is 0 Å². The Balaban J connectivity index is 2.13. The minimum Gasteiger partial charge on any atom is -0.378 e. The fraction of sp³-hybridized carbons (Fsp3) is 1.00. The number of hydrogen-bond acceptors (Lipinski definition) is 2. The van der Waals surface area contributed by atoms with Crippen molar-refractivity contribution in [3.8, 4) is 0 Å². The number of nitrogens with two attached hydrogens (primary N) is 1. The first-order chi connectivity index (χ1) is 6.24. The van der Waals surface area contributed by atoms with Crippen LogP contribution in [-0.2, 0) is 4.74 Å². The van der Waals surface area contributed by atoms with E-state index in [0.717, 1.165) is 19.1 Å². The summed E-state index contributed by atoms with van der Waals surface area (Å²) in [5.74, 6) is 1.38. The average molecular weight is 185 g/mol. The Bertz CT molecular complexity index is 136. The standard InChI is InChI=1S/C11H23NO/c1-9(2)6-7-13-11-5-3-4-10(11)8-12/h9-11H,3-8,12H2,1-2H3. The van der Waals surface area contributed by atoms with E-state index < -0.39 is 0 Å². The Morgan fingerprint density at radius 2 is 2.15 bits per heavy atom. The lowest BCUT2D eigenvalue weighted by molar-refractivity contribution is 0.0245. The van der Waals surface area contributed by atoms with Gasteiger partial charge in [-0.05, 0) is 37.6 Å². The van der Waals surface area contributed by atoms with E-state index in [2.05, 4.69) is 13.8 Å². The van der Waals surface area contributed by atoms with Gasteiger partial charge in [0.2, 0.25) is 0 Å². The van der Waals surface area contributed by atoms with Crippen LogP contribution in [0.5, 0.6) is 0 Å². The lowest BCUT2D eigenvalue weighted by Crippen LogP contribution is -2.25. The van der Waals surface area contributed by atoms with Gasteiger partial charge in [-0.3, -0.25) is 0 Å². The molecule has 1 saturated carbocycles. The molecule has 1 aliphatic rings. The third kappa shape index (κ3) is 3.65. The SMILES string of the molecule is CC(C)CCOC1CCCC1CN. The van der Waals surface area contributed by atoms with E-state index in [1.807, 2.05) is 0 Å². The van der Waals surface area contributed by atoms with Gasteiger partial charge < -0.3 is 10.5 Å². The topological polar surface area (TPSA) is 35.2 Å². The zero-order chi connectivity index (χ0) is 9.68. The smallest absolute Gasteiger partial charge is 0.0615 e. The molecule has 13 heavy (non-hydrogen) atoms. The number of hydrogen-bond donors (Lipinski definition) is 1. The molecule has 2 N–H and O–H groups in total. The average Bonchev–Trinajstić information content (AvgIpc) is 2.51. The largest absolute Gasteiger partial charge is 0.378 e. The van der Waals surface area contributed by atoms with Crippen molar-refractivity contribution in [1.29, 1.82) is 0 Å². The maximum absolute atomic E-state index is 5.84. The molecule has 0 aliphatic heterocycles. The monoisotopic (exact) mass is 185 g/mol. The van der Waals surface area contributed by atoms with Crippen molar-refractivity contribution in [3.05, 3.63) is 0 Å². The summed E-state index contributed by atoms with van der Waals surface area (Å²) in [5, 5.41) is 0. The van der Waals surface area contributed by atoms with Crippen molar-refractivity contribution in [2.75, 3.05) is 13.2 Å². The molecule has 1 rings (SSSR count). The van der Waals surface area contributed by atoms with Crippen LogP contribution >= 0.6 is 0 Å². The molecule has 78 valence electrons. The maximum atomic E-state index is 5.84. The van der Waals surface area contributed by atoms with Crippen molar-refractivity contribution in [2.24, 2.45) is 17.6 Å². The quantitative estimate of drug-likeness (QED) is 0.712. The molecule has 0 aromatic carbocycles. The molecule has 0 saturated heterocycles. The predicted octanol–water partition coefficient (Wildman–Crippen LogP) is 2.18. The second-order valence-electron chi connectivity index (χ2n) is 4.52. The highest BCUT2D eigenvalue weighted by molar-refractivity contribution is 4.78. The first kappa shape index (κ1) is 11.0. The lowest BCUT2D eigenvalue weighted by atomic mass is 10.1. The summed E-state index contributed by atoms with van der Waals surface area (Å²) in [4.78, 5) is 0. The minimum absolute atomic E-state index is 0.462. The molecule has 0 aromatic heterocycles. The lowest BCUT2D eigenvalue weighted by Gasteiger charge is -2.19. The molecular weight excluding hydrogens is 162 g/mol. The summed E-state index contributed by atoms with van der Waals surface area (Å²) in [7, 11) is 0. The molecule has 2 atom stereocenters. The first-order valence-electron chi connectivity index (χ1n) is 5.55. The molecule has 0 spiro atoms. The Morgan fingerprint density at radius 1 is 1.38 bits per heavy atom. The Hall–Kier alpha value is -0.0800. The van der Waals surface area contributed by atoms with E-state index in [1.165, 1.54) is 25.7 Å². The van der Waals surface area contributed by atoms with Crippen molar-refractivity contribution in [3.63, 3.8) is 0 Å². The molecule has 0 amide bonds. The second-order valence-corrected chi connectivity index (χ2v) is 4.52. The van der Waals surface area contributed by atoms with Gasteiger partial charge in [-0.1, -0.05) is 20.3 Å². The maximum Gasteiger partial charge on any atom is 0.0615 e. The van der Waals surface area contributed by atoms with Gasteiger partial charge in [0, 0.05) is 6.61 Å². The normalized spacial score (nSPS) is 28.6. The molecule has 0 heterocycles. The summed E-state index contributed by atoms with van der Waals surface area (Å²) in [6, 6.07) is 0. The van der Waals surface area contributed by atoms with Crippen LogP contribution in [0.3, 0.4) is 0 Å². The summed E-state index contributed by atoms with van der Waals surface area (Å²) in [6.07, 6.45) is 5.42. The molecule has 0 radical (unpaired) electrons. The highest BCUT2D eigenvalue weighted by atomic mass is 16.5. The Kier molecular flexibility index (Phi) is 4.74. The third-order valence-corrected chi connectivity index (χ3v) is 2.92. The van der Waals surface area contributed by atoms with Crippen LogP contribution < -0.4 is 5.73 Å². The van der Waals surface area contributed by atoms with Crippen molar-refractivity contribution in [2.45, 2.75) is 45.6 Å². The highest BCUT2D eigenvalue weighted by Crippen LogP contribution is 2.27. The second kappa shape index (κ2) is 5.61. The summed E-state index contributed by atoms with van der Waals surface area (Å²) < 4.78 is 5.84. The Morgan fingerprint density at radius 3 is 2.77 bits per heavy atom. The van der Waals surface area contributed by atoms with Gasteiger partial charge in [0.15, 0.2) is 0 Å². The molecule has 2 heteroatoms. The molecule has 2 nitrogen and oxygen atoms in total. The predicted molar refractivity (Wildman–Crippen MR) is 55.6 cm³/mol. The van der Waals surface area contributed by atoms with Crippen LogP contribution in [0.25, 0.3) is 0 Å². The van der Waals surface area contributed by atoms with Crippen LogP contribution in [0.1, 0.15) is 39.5 Å². The van der Waals surface area contributed by atoms with Crippen molar-refractivity contribution in [1.82, 2.24) is 0 Å². The van der Waals surface area contributed by atoms with Gasteiger partial charge in [0.1, 0.15) is 0 Å². The van der Waals surface area contributed by atoms with Gasteiger partial charge in [-0.15, -0.1) is 0 Å². The van der Waals surface area contributed by atoms with E-state index in [9.17, 15) is 0 Å². The van der Waals surface area contributed by atoms with Crippen molar-refractivity contribution < 1.29 is 4.74 Å². The Labute approximate surface area is 81.8 Å². The van der Waals surface area contributed by atoms with E-state index in [-0.39, 0.29) is 0 Å². The summed E-state index contributed by atoms with van der Waals surface area (Å²) in [5.41, 5.74) is 5.68. The summed E-state index contributed by atoms with van der Waals surface area (Å²) in [6.45, 7) is 6.18. The minimum atomic E-state index is 0.462. The van der Waals surface area contributed by atoms with E-state index >= 15 is 0 Å². The molecule has 1 fully saturated rings. The molecular formula is C11H23NO. The van der Waals surface area contributed by atoms with E-state index in [4.69, 9.17) is 10.5 Å². The highest BCUT2D eigenvalue weighted by Gasteiger charge is 2.26. The third-order valence-electron chi connectivity index (χ3n) is 2.92.